The van der Waals surface area contributed by atoms with Crippen molar-refractivity contribution in [2.24, 2.45) is 0 Å². The van der Waals surface area contributed by atoms with E-state index in [0.29, 0.717) is 6.42 Å². The van der Waals surface area contributed by atoms with Gasteiger partial charge in [0.25, 0.3) is 0 Å². The minimum Gasteiger partial charge on any atom is -0.481 e. The molecule has 3 nitrogen and oxygen atoms in total. The topological polar surface area (TPSA) is 57.5 Å². The number of aliphatic hydroxyl groups excluding tert-OH is 1. The SMILES string of the molecule is CCC[C@H](O)CCCCCCCC(=O)O. The Morgan fingerprint density at radius 2 is 1.67 bits per heavy atom. The molecule has 15 heavy (non-hydrogen) atoms. The predicted octanol–water partition coefficient (Wildman–Crippen LogP) is 2.96. The average molecular weight is 216 g/mol. The Morgan fingerprint density at radius 3 is 2.27 bits per heavy atom. The van der Waals surface area contributed by atoms with Gasteiger partial charge >= 0.3 is 5.97 Å². The van der Waals surface area contributed by atoms with E-state index in [1.54, 1.807) is 0 Å². The summed E-state index contributed by atoms with van der Waals surface area (Å²) in [5, 5.41) is 17.9. The van der Waals surface area contributed by atoms with Gasteiger partial charge in [-0.05, 0) is 19.3 Å². The molecule has 0 unspecified atom stereocenters. The molecule has 2 N–H and O–H groups in total. The van der Waals surface area contributed by atoms with Gasteiger partial charge in [-0.15, -0.1) is 0 Å². The minimum absolute atomic E-state index is 0.131. The van der Waals surface area contributed by atoms with Crippen LogP contribution in [0.25, 0.3) is 0 Å². The fraction of sp³-hybridized carbons (Fsp3) is 0.917. The fourth-order valence-corrected chi connectivity index (χ4v) is 1.66. The zero-order valence-electron chi connectivity index (χ0n) is 9.74. The van der Waals surface area contributed by atoms with Gasteiger partial charge < -0.3 is 10.2 Å². The maximum absolute atomic E-state index is 10.2. The molecule has 0 saturated heterocycles. The van der Waals surface area contributed by atoms with E-state index in [1.165, 1.54) is 0 Å². The lowest BCUT2D eigenvalue weighted by Gasteiger charge is -2.08. The standard InChI is InChI=1S/C12H24O3/c1-2-8-11(13)9-6-4-3-5-7-10-12(14)15/h11,13H,2-10H2,1H3,(H,14,15)/t11-/m0/s1. The Kier molecular flexibility index (Phi) is 9.59. The molecule has 0 aliphatic heterocycles. The van der Waals surface area contributed by atoms with Crippen LogP contribution in [0.5, 0.6) is 0 Å². The highest BCUT2D eigenvalue weighted by molar-refractivity contribution is 5.66. The maximum atomic E-state index is 10.2. The first kappa shape index (κ1) is 14.4. The molecule has 0 radical (unpaired) electrons. The molecule has 0 aromatic heterocycles. The molecule has 0 spiro atoms. The third-order valence-corrected chi connectivity index (χ3v) is 2.55. The third kappa shape index (κ3) is 11.4. The van der Waals surface area contributed by atoms with Crippen molar-refractivity contribution in [3.8, 4) is 0 Å². The van der Waals surface area contributed by atoms with Crippen molar-refractivity contribution in [1.82, 2.24) is 0 Å². The summed E-state index contributed by atoms with van der Waals surface area (Å²) in [7, 11) is 0. The van der Waals surface area contributed by atoms with Crippen molar-refractivity contribution < 1.29 is 15.0 Å². The Balaban J connectivity index is 3.07. The van der Waals surface area contributed by atoms with E-state index in [9.17, 15) is 9.90 Å². The van der Waals surface area contributed by atoms with E-state index < -0.39 is 5.97 Å². The number of carbonyl (C=O) groups is 1. The van der Waals surface area contributed by atoms with E-state index in [-0.39, 0.29) is 6.10 Å². The van der Waals surface area contributed by atoms with Crippen LogP contribution in [0.2, 0.25) is 0 Å². The second-order valence-electron chi connectivity index (χ2n) is 4.14. The van der Waals surface area contributed by atoms with Crippen molar-refractivity contribution in [3.05, 3.63) is 0 Å². The molecule has 0 aromatic carbocycles. The second kappa shape index (κ2) is 9.97. The predicted molar refractivity (Wildman–Crippen MR) is 60.9 cm³/mol. The molecule has 0 rings (SSSR count). The van der Waals surface area contributed by atoms with Gasteiger partial charge in [-0.2, -0.15) is 0 Å². The molecule has 0 heterocycles. The minimum atomic E-state index is -0.701. The van der Waals surface area contributed by atoms with Crippen LogP contribution in [0.4, 0.5) is 0 Å². The third-order valence-electron chi connectivity index (χ3n) is 2.55. The van der Waals surface area contributed by atoms with Crippen LogP contribution in [0.15, 0.2) is 0 Å². The normalized spacial score (nSPS) is 12.7. The first-order valence-corrected chi connectivity index (χ1v) is 6.06. The van der Waals surface area contributed by atoms with Crippen molar-refractivity contribution in [2.45, 2.75) is 70.8 Å². The van der Waals surface area contributed by atoms with E-state index in [2.05, 4.69) is 6.92 Å². The zero-order valence-corrected chi connectivity index (χ0v) is 9.74. The second-order valence-corrected chi connectivity index (χ2v) is 4.14. The summed E-state index contributed by atoms with van der Waals surface area (Å²) < 4.78 is 0. The number of rotatable bonds is 10. The number of hydrogen-bond donors (Lipinski definition) is 2. The van der Waals surface area contributed by atoms with E-state index >= 15 is 0 Å². The van der Waals surface area contributed by atoms with Crippen molar-refractivity contribution >= 4 is 5.97 Å². The zero-order chi connectivity index (χ0) is 11.5. The van der Waals surface area contributed by atoms with Gasteiger partial charge in [0.2, 0.25) is 0 Å². The monoisotopic (exact) mass is 216 g/mol. The first-order chi connectivity index (χ1) is 7.16. The molecular weight excluding hydrogens is 192 g/mol. The average Bonchev–Trinajstić information content (AvgIpc) is 2.16. The number of aliphatic hydroxyl groups is 1. The van der Waals surface area contributed by atoms with Gasteiger partial charge in [-0.25, -0.2) is 0 Å². The van der Waals surface area contributed by atoms with Gasteiger partial charge in [-0.1, -0.05) is 39.0 Å². The van der Waals surface area contributed by atoms with E-state index in [4.69, 9.17) is 5.11 Å². The number of carboxylic acid groups (broad SMARTS) is 1. The summed E-state index contributed by atoms with van der Waals surface area (Å²) in [4.78, 5) is 10.2. The van der Waals surface area contributed by atoms with Gasteiger partial charge in [0.1, 0.15) is 0 Å². The smallest absolute Gasteiger partial charge is 0.303 e. The van der Waals surface area contributed by atoms with Crippen molar-refractivity contribution in [1.29, 1.82) is 0 Å². The molecule has 3 heteroatoms. The Labute approximate surface area is 92.5 Å². The quantitative estimate of drug-likeness (QED) is 0.552. The summed E-state index contributed by atoms with van der Waals surface area (Å²) >= 11 is 0. The lowest BCUT2D eigenvalue weighted by molar-refractivity contribution is -0.137. The summed E-state index contributed by atoms with van der Waals surface area (Å²) in [5.41, 5.74) is 0. The Bertz CT molecular complexity index is 157. The van der Waals surface area contributed by atoms with Crippen molar-refractivity contribution in [2.75, 3.05) is 0 Å². The summed E-state index contributed by atoms with van der Waals surface area (Å²) in [6.45, 7) is 2.08. The van der Waals surface area contributed by atoms with Gasteiger partial charge in [0.05, 0.1) is 6.10 Å². The fourth-order valence-electron chi connectivity index (χ4n) is 1.66. The Hall–Kier alpha value is -0.570. The van der Waals surface area contributed by atoms with Gasteiger partial charge in [0, 0.05) is 6.42 Å². The van der Waals surface area contributed by atoms with Crippen LogP contribution < -0.4 is 0 Å². The molecule has 0 bridgehead atoms. The number of unbranched alkanes of at least 4 members (excludes halogenated alkanes) is 4. The van der Waals surface area contributed by atoms with Crippen LogP contribution in [-0.2, 0) is 4.79 Å². The molecule has 1 atom stereocenters. The van der Waals surface area contributed by atoms with E-state index in [1.807, 2.05) is 0 Å². The number of carboxylic acids is 1. The molecule has 0 saturated carbocycles. The highest BCUT2D eigenvalue weighted by Gasteiger charge is 2.01. The molecule has 0 fully saturated rings. The summed E-state index contributed by atoms with van der Waals surface area (Å²) in [6, 6.07) is 0. The largest absolute Gasteiger partial charge is 0.481 e. The van der Waals surface area contributed by atoms with Crippen LogP contribution in [0.1, 0.15) is 64.7 Å². The van der Waals surface area contributed by atoms with E-state index in [0.717, 1.165) is 51.4 Å². The number of hydrogen-bond acceptors (Lipinski definition) is 2. The highest BCUT2D eigenvalue weighted by Crippen LogP contribution is 2.10. The van der Waals surface area contributed by atoms with Crippen LogP contribution in [-0.4, -0.2) is 22.3 Å². The van der Waals surface area contributed by atoms with Crippen LogP contribution in [0, 0.1) is 0 Å². The Morgan fingerprint density at radius 1 is 1.07 bits per heavy atom. The first-order valence-electron chi connectivity index (χ1n) is 6.06. The number of aliphatic carboxylic acids is 1. The lowest BCUT2D eigenvalue weighted by Crippen LogP contribution is -2.04. The molecule has 0 aliphatic rings. The molecule has 0 amide bonds. The molecular formula is C12H24O3. The summed E-state index contributed by atoms with van der Waals surface area (Å²) in [5.74, 6) is -0.701. The van der Waals surface area contributed by atoms with Crippen LogP contribution in [0.3, 0.4) is 0 Å². The van der Waals surface area contributed by atoms with Gasteiger partial charge in [-0.3, -0.25) is 4.79 Å². The summed E-state index contributed by atoms with van der Waals surface area (Å²) in [6.07, 6.45) is 8.04. The molecule has 0 aliphatic carbocycles. The molecule has 0 aromatic rings. The lowest BCUT2D eigenvalue weighted by atomic mass is 10.0. The molecule has 90 valence electrons. The maximum Gasteiger partial charge on any atom is 0.303 e. The van der Waals surface area contributed by atoms with Crippen LogP contribution >= 0.6 is 0 Å². The van der Waals surface area contributed by atoms with Crippen molar-refractivity contribution in [3.63, 3.8) is 0 Å². The highest BCUT2D eigenvalue weighted by atomic mass is 16.4. The van der Waals surface area contributed by atoms with Gasteiger partial charge in [0.15, 0.2) is 0 Å².